The number of benzene rings is 2. The molecule has 0 saturated carbocycles. The summed E-state index contributed by atoms with van der Waals surface area (Å²) in [6, 6.07) is 14.2. The van der Waals surface area contributed by atoms with Gasteiger partial charge in [-0.25, -0.2) is 0 Å². The van der Waals surface area contributed by atoms with E-state index in [0.717, 1.165) is 16.0 Å². The second kappa shape index (κ2) is 7.85. The van der Waals surface area contributed by atoms with Crippen molar-refractivity contribution in [3.63, 3.8) is 0 Å². The van der Waals surface area contributed by atoms with Gasteiger partial charge >= 0.3 is 0 Å². The maximum Gasteiger partial charge on any atom is 0.277 e. The van der Waals surface area contributed by atoms with E-state index < -0.39 is 0 Å². The van der Waals surface area contributed by atoms with Crippen LogP contribution in [0.15, 0.2) is 56.6 Å². The third kappa shape index (κ3) is 4.61. The molecule has 0 atom stereocenters. The minimum Gasteiger partial charge on any atom is -0.484 e. The molecule has 0 aliphatic carbocycles. The fourth-order valence-electron chi connectivity index (χ4n) is 2.08. The van der Waals surface area contributed by atoms with Gasteiger partial charge in [0.05, 0.1) is 0 Å². The van der Waals surface area contributed by atoms with Crippen LogP contribution in [0.4, 0.5) is 0 Å². The summed E-state index contributed by atoms with van der Waals surface area (Å²) in [4.78, 5) is 0. The Balaban J connectivity index is 1.54. The van der Waals surface area contributed by atoms with Gasteiger partial charge in [0.15, 0.2) is 6.61 Å². The second-order valence-corrected chi connectivity index (χ2v) is 7.26. The zero-order valence-electron chi connectivity index (χ0n) is 13.5. The Morgan fingerprint density at radius 3 is 2.75 bits per heavy atom. The zero-order chi connectivity index (χ0) is 16.9. The Morgan fingerprint density at radius 1 is 1.08 bits per heavy atom. The SMILES string of the molecule is Cc1ccc(OCc2nnc(SCc3cccc(Br)c3)o2)cc1C. The van der Waals surface area contributed by atoms with Gasteiger partial charge in [0.2, 0.25) is 0 Å². The van der Waals surface area contributed by atoms with Crippen LogP contribution in [0, 0.1) is 13.8 Å². The Kier molecular flexibility index (Phi) is 5.58. The first-order valence-electron chi connectivity index (χ1n) is 7.50. The van der Waals surface area contributed by atoms with Crippen molar-refractivity contribution >= 4 is 27.7 Å². The fraction of sp³-hybridized carbons (Fsp3) is 0.222. The number of rotatable bonds is 6. The molecule has 0 fully saturated rings. The molecule has 3 aromatic rings. The molecule has 0 N–H and O–H groups in total. The monoisotopic (exact) mass is 404 g/mol. The highest BCUT2D eigenvalue weighted by Crippen LogP contribution is 2.24. The second-order valence-electron chi connectivity index (χ2n) is 5.42. The van der Waals surface area contributed by atoms with Gasteiger partial charge in [-0.15, -0.1) is 10.2 Å². The Labute approximate surface area is 153 Å². The molecule has 2 aromatic carbocycles. The number of thioether (sulfide) groups is 1. The smallest absolute Gasteiger partial charge is 0.277 e. The summed E-state index contributed by atoms with van der Waals surface area (Å²) in [6.07, 6.45) is 0. The van der Waals surface area contributed by atoms with Crippen molar-refractivity contribution in [1.82, 2.24) is 10.2 Å². The number of hydrogen-bond acceptors (Lipinski definition) is 5. The van der Waals surface area contributed by atoms with Crippen LogP contribution in [-0.4, -0.2) is 10.2 Å². The number of ether oxygens (including phenoxy) is 1. The summed E-state index contributed by atoms with van der Waals surface area (Å²) in [7, 11) is 0. The largest absolute Gasteiger partial charge is 0.484 e. The van der Waals surface area contributed by atoms with E-state index in [1.165, 1.54) is 28.5 Å². The van der Waals surface area contributed by atoms with Gasteiger partial charge in [0, 0.05) is 10.2 Å². The number of aryl methyl sites for hydroxylation is 2. The van der Waals surface area contributed by atoms with Crippen molar-refractivity contribution in [3.05, 3.63) is 69.5 Å². The molecule has 6 heteroatoms. The highest BCUT2D eigenvalue weighted by atomic mass is 79.9. The molecule has 0 radical (unpaired) electrons. The molecule has 0 amide bonds. The van der Waals surface area contributed by atoms with Crippen molar-refractivity contribution in [2.75, 3.05) is 0 Å². The normalized spacial score (nSPS) is 10.8. The van der Waals surface area contributed by atoms with Crippen LogP contribution in [-0.2, 0) is 12.4 Å². The van der Waals surface area contributed by atoms with Crippen LogP contribution in [0.2, 0.25) is 0 Å². The van der Waals surface area contributed by atoms with E-state index in [4.69, 9.17) is 9.15 Å². The molecule has 0 unspecified atom stereocenters. The highest BCUT2D eigenvalue weighted by molar-refractivity contribution is 9.10. The third-order valence-electron chi connectivity index (χ3n) is 3.54. The molecule has 3 rings (SSSR count). The minimum absolute atomic E-state index is 0.271. The van der Waals surface area contributed by atoms with Crippen LogP contribution in [0.3, 0.4) is 0 Å². The van der Waals surface area contributed by atoms with E-state index in [1.807, 2.05) is 30.3 Å². The van der Waals surface area contributed by atoms with Gasteiger partial charge in [-0.3, -0.25) is 0 Å². The molecule has 1 heterocycles. The molecule has 0 aliphatic heterocycles. The third-order valence-corrected chi connectivity index (χ3v) is 4.92. The maximum atomic E-state index is 5.71. The van der Waals surface area contributed by atoms with E-state index >= 15 is 0 Å². The molecule has 4 nitrogen and oxygen atoms in total. The van der Waals surface area contributed by atoms with Gasteiger partial charge in [0.1, 0.15) is 5.75 Å². The van der Waals surface area contributed by atoms with Crippen LogP contribution in [0.25, 0.3) is 0 Å². The van der Waals surface area contributed by atoms with Crippen molar-refractivity contribution < 1.29 is 9.15 Å². The lowest BCUT2D eigenvalue weighted by atomic mass is 10.1. The van der Waals surface area contributed by atoms with E-state index in [9.17, 15) is 0 Å². The first kappa shape index (κ1) is 17.0. The molecular weight excluding hydrogens is 388 g/mol. The van der Waals surface area contributed by atoms with Crippen LogP contribution in [0.1, 0.15) is 22.6 Å². The van der Waals surface area contributed by atoms with Gasteiger partial charge in [-0.2, -0.15) is 0 Å². The van der Waals surface area contributed by atoms with Crippen molar-refractivity contribution in [2.45, 2.75) is 31.4 Å². The lowest BCUT2D eigenvalue weighted by molar-refractivity contribution is 0.252. The summed E-state index contributed by atoms with van der Waals surface area (Å²) in [5.74, 6) is 2.06. The Bertz CT molecular complexity index is 835. The average molecular weight is 405 g/mol. The summed E-state index contributed by atoms with van der Waals surface area (Å²) < 4.78 is 12.4. The summed E-state index contributed by atoms with van der Waals surface area (Å²) in [5, 5.41) is 8.63. The molecule has 0 saturated heterocycles. The van der Waals surface area contributed by atoms with Crippen molar-refractivity contribution in [1.29, 1.82) is 0 Å². The number of halogens is 1. The van der Waals surface area contributed by atoms with Crippen LogP contribution in [0.5, 0.6) is 5.75 Å². The molecule has 0 aliphatic rings. The van der Waals surface area contributed by atoms with E-state index in [1.54, 1.807) is 0 Å². The van der Waals surface area contributed by atoms with Gasteiger partial charge < -0.3 is 9.15 Å². The van der Waals surface area contributed by atoms with Gasteiger partial charge in [0.25, 0.3) is 11.1 Å². The van der Waals surface area contributed by atoms with Gasteiger partial charge in [-0.1, -0.05) is 45.9 Å². The summed E-state index contributed by atoms with van der Waals surface area (Å²) >= 11 is 4.98. The van der Waals surface area contributed by atoms with E-state index in [0.29, 0.717) is 11.1 Å². The molecule has 0 bridgehead atoms. The average Bonchev–Trinajstić information content (AvgIpc) is 3.02. The predicted octanol–water partition coefficient (Wildman–Crippen LogP) is 5.32. The van der Waals surface area contributed by atoms with E-state index in [-0.39, 0.29) is 6.61 Å². The molecule has 1 aromatic heterocycles. The van der Waals surface area contributed by atoms with Crippen LogP contribution < -0.4 is 4.74 Å². The Morgan fingerprint density at radius 2 is 1.96 bits per heavy atom. The Hall–Kier alpha value is -1.79. The molecule has 24 heavy (non-hydrogen) atoms. The number of aromatic nitrogens is 2. The lowest BCUT2D eigenvalue weighted by Gasteiger charge is -2.05. The topological polar surface area (TPSA) is 48.2 Å². The molecule has 124 valence electrons. The highest BCUT2D eigenvalue weighted by Gasteiger charge is 2.08. The number of hydrogen-bond donors (Lipinski definition) is 0. The standard InChI is InChI=1S/C18H17BrN2O2S/c1-12-6-7-16(8-13(12)2)22-10-17-20-21-18(23-17)24-11-14-4-3-5-15(19)9-14/h3-9H,10-11H2,1-2H3. The fourth-order valence-corrected chi connectivity index (χ4v) is 3.25. The summed E-state index contributed by atoms with van der Waals surface area (Å²) in [5.41, 5.74) is 3.63. The predicted molar refractivity (Wildman–Crippen MR) is 98.2 cm³/mol. The van der Waals surface area contributed by atoms with Crippen molar-refractivity contribution in [3.8, 4) is 5.75 Å². The van der Waals surface area contributed by atoms with E-state index in [2.05, 4.69) is 52.1 Å². The minimum atomic E-state index is 0.271. The van der Waals surface area contributed by atoms with Crippen LogP contribution >= 0.6 is 27.7 Å². The zero-order valence-corrected chi connectivity index (χ0v) is 15.9. The first-order chi connectivity index (χ1) is 11.6. The lowest BCUT2D eigenvalue weighted by Crippen LogP contribution is -1.96. The molecule has 0 spiro atoms. The molecular formula is C18H17BrN2O2S. The van der Waals surface area contributed by atoms with Crippen molar-refractivity contribution in [2.24, 2.45) is 0 Å². The van der Waals surface area contributed by atoms with Gasteiger partial charge in [-0.05, 0) is 54.8 Å². The quantitative estimate of drug-likeness (QED) is 0.520. The number of nitrogens with zero attached hydrogens (tertiary/aromatic N) is 2. The first-order valence-corrected chi connectivity index (χ1v) is 9.28. The summed E-state index contributed by atoms with van der Waals surface area (Å²) in [6.45, 7) is 4.41. The maximum absolute atomic E-state index is 5.71.